The van der Waals surface area contributed by atoms with E-state index in [1.165, 1.54) is 14.2 Å². The molecule has 1 unspecified atom stereocenters. The Bertz CT molecular complexity index is 1480. The number of hydrogen-bond donors (Lipinski definition) is 1. The van der Waals surface area contributed by atoms with Crippen molar-refractivity contribution in [3.63, 3.8) is 0 Å². The van der Waals surface area contributed by atoms with Crippen LogP contribution in [0.25, 0.3) is 21.1 Å². The minimum Gasteiger partial charge on any atom is -0.496 e. The molecule has 0 saturated carbocycles. The number of nitrogens with zero attached hydrogens (tertiary/aromatic N) is 4. The van der Waals surface area contributed by atoms with E-state index in [0.717, 1.165) is 20.7 Å². The summed E-state index contributed by atoms with van der Waals surface area (Å²) in [5, 5.41) is 4.51. The maximum Gasteiger partial charge on any atom is 0.305 e. The zero-order chi connectivity index (χ0) is 27.4. The molecule has 5 rings (SSSR count). The summed E-state index contributed by atoms with van der Waals surface area (Å²) in [6.45, 7) is 2.18. The molecule has 1 aliphatic heterocycles. The average Bonchev–Trinajstić information content (AvgIpc) is 3.42. The normalized spacial score (nSPS) is 14.3. The van der Waals surface area contributed by atoms with E-state index < -0.39 is 17.9 Å². The van der Waals surface area contributed by atoms with E-state index in [9.17, 15) is 14.4 Å². The van der Waals surface area contributed by atoms with Crippen molar-refractivity contribution >= 4 is 55.4 Å². The second-order valence-electron chi connectivity index (χ2n) is 9.14. The molecule has 0 aliphatic carbocycles. The standard InChI is InChI=1S/C28H29N5O5S/c1-37-23-17-22(29-19-8-4-3-7-18(19)23)26(35)30-21(11-12-25(34)38-2)27(36)32-13-15-33(16-14-32)28-31-20-9-5-6-10-24(20)39-28/h3-10,17,21H,11-16H2,1-2H3,(H,30,35). The fourth-order valence-corrected chi connectivity index (χ4v) is 5.63. The Labute approximate surface area is 229 Å². The van der Waals surface area contributed by atoms with Gasteiger partial charge in [-0.3, -0.25) is 14.4 Å². The van der Waals surface area contributed by atoms with Gasteiger partial charge < -0.3 is 24.6 Å². The van der Waals surface area contributed by atoms with E-state index in [2.05, 4.69) is 15.2 Å². The van der Waals surface area contributed by atoms with Gasteiger partial charge in [-0.15, -0.1) is 0 Å². The molecule has 4 aromatic rings. The van der Waals surface area contributed by atoms with E-state index in [1.54, 1.807) is 28.4 Å². The predicted octanol–water partition coefficient (Wildman–Crippen LogP) is 3.25. The fraction of sp³-hybridized carbons (Fsp3) is 0.321. The van der Waals surface area contributed by atoms with Gasteiger partial charge in [0, 0.05) is 44.1 Å². The van der Waals surface area contributed by atoms with Gasteiger partial charge in [0.05, 0.1) is 30.0 Å². The Morgan fingerprint density at radius 3 is 2.41 bits per heavy atom. The van der Waals surface area contributed by atoms with Crippen LogP contribution in [0.15, 0.2) is 54.6 Å². The van der Waals surface area contributed by atoms with Gasteiger partial charge in [-0.2, -0.15) is 0 Å². The number of rotatable bonds is 8. The van der Waals surface area contributed by atoms with Gasteiger partial charge in [0.1, 0.15) is 17.5 Å². The number of amides is 2. The zero-order valence-electron chi connectivity index (χ0n) is 21.8. The number of thiazole rings is 1. The number of carbonyl (C=O) groups excluding carboxylic acids is 3. The lowest BCUT2D eigenvalue weighted by Gasteiger charge is -2.36. The van der Waals surface area contributed by atoms with Crippen LogP contribution in [0.1, 0.15) is 23.3 Å². The van der Waals surface area contributed by atoms with Gasteiger partial charge in [-0.05, 0) is 30.7 Å². The number of hydrogen-bond acceptors (Lipinski definition) is 9. The van der Waals surface area contributed by atoms with Crippen molar-refractivity contribution in [2.24, 2.45) is 0 Å². The summed E-state index contributed by atoms with van der Waals surface area (Å²) in [5.74, 6) is -0.707. The first kappa shape index (κ1) is 26.4. The SMILES string of the molecule is COC(=O)CCC(NC(=O)c1cc(OC)c2ccccc2n1)C(=O)N1CCN(c2nc3ccccc3s2)CC1. The summed E-state index contributed by atoms with van der Waals surface area (Å²) < 4.78 is 11.3. The molecule has 2 aromatic carbocycles. The van der Waals surface area contributed by atoms with Crippen molar-refractivity contribution in [1.82, 2.24) is 20.2 Å². The summed E-state index contributed by atoms with van der Waals surface area (Å²) in [6.07, 6.45) is 0.105. The molecule has 10 nitrogen and oxygen atoms in total. The van der Waals surface area contributed by atoms with Crippen molar-refractivity contribution in [2.45, 2.75) is 18.9 Å². The van der Waals surface area contributed by atoms with E-state index >= 15 is 0 Å². The Balaban J connectivity index is 1.29. The monoisotopic (exact) mass is 547 g/mol. The van der Waals surface area contributed by atoms with Gasteiger partial charge in [-0.25, -0.2) is 9.97 Å². The van der Waals surface area contributed by atoms with Crippen molar-refractivity contribution in [3.8, 4) is 5.75 Å². The fourth-order valence-electron chi connectivity index (χ4n) is 4.62. The van der Waals surface area contributed by atoms with E-state index in [4.69, 9.17) is 14.5 Å². The average molecular weight is 548 g/mol. The number of carbonyl (C=O) groups is 3. The molecule has 202 valence electrons. The number of benzene rings is 2. The molecule has 1 atom stereocenters. The third-order valence-electron chi connectivity index (χ3n) is 6.74. The maximum absolute atomic E-state index is 13.6. The van der Waals surface area contributed by atoms with Crippen LogP contribution >= 0.6 is 11.3 Å². The highest BCUT2D eigenvalue weighted by Crippen LogP contribution is 2.29. The summed E-state index contributed by atoms with van der Waals surface area (Å²) in [6, 6.07) is 16.0. The second kappa shape index (κ2) is 11.6. The number of piperazine rings is 1. The third kappa shape index (κ3) is 5.78. The van der Waals surface area contributed by atoms with Gasteiger partial charge in [-0.1, -0.05) is 35.6 Å². The predicted molar refractivity (Wildman–Crippen MR) is 149 cm³/mol. The minimum atomic E-state index is -0.912. The third-order valence-corrected chi connectivity index (χ3v) is 7.84. The number of pyridine rings is 1. The number of esters is 1. The highest BCUT2D eigenvalue weighted by molar-refractivity contribution is 7.22. The molecule has 1 fully saturated rings. The summed E-state index contributed by atoms with van der Waals surface area (Å²) in [7, 11) is 2.82. The first-order valence-corrected chi connectivity index (χ1v) is 13.5. The summed E-state index contributed by atoms with van der Waals surface area (Å²) in [5.41, 5.74) is 1.69. The van der Waals surface area contributed by atoms with Crippen molar-refractivity contribution in [3.05, 3.63) is 60.3 Å². The second-order valence-corrected chi connectivity index (χ2v) is 10.2. The number of para-hydroxylation sites is 2. The molecule has 2 aromatic heterocycles. The van der Waals surface area contributed by atoms with Gasteiger partial charge in [0.15, 0.2) is 5.13 Å². The Morgan fingerprint density at radius 2 is 1.69 bits per heavy atom. The Kier molecular flexibility index (Phi) is 7.87. The lowest BCUT2D eigenvalue weighted by Crippen LogP contribution is -2.55. The molecule has 0 radical (unpaired) electrons. The van der Waals surface area contributed by atoms with Crippen LogP contribution in [0.3, 0.4) is 0 Å². The molecule has 1 aliphatic rings. The largest absolute Gasteiger partial charge is 0.496 e. The highest BCUT2D eigenvalue weighted by Gasteiger charge is 2.30. The quantitative estimate of drug-likeness (QED) is 0.335. The van der Waals surface area contributed by atoms with E-state index in [1.807, 2.05) is 42.5 Å². The van der Waals surface area contributed by atoms with Crippen molar-refractivity contribution in [1.29, 1.82) is 0 Å². The van der Waals surface area contributed by atoms with Gasteiger partial charge in [0.25, 0.3) is 5.91 Å². The molecule has 3 heterocycles. The summed E-state index contributed by atoms with van der Waals surface area (Å²) >= 11 is 1.63. The Hall–Kier alpha value is -4.25. The lowest BCUT2D eigenvalue weighted by molar-refractivity contribution is -0.141. The molecule has 39 heavy (non-hydrogen) atoms. The molecule has 1 saturated heterocycles. The number of nitrogens with one attached hydrogen (secondary N) is 1. The van der Waals surface area contributed by atoms with Crippen LogP contribution in [0.5, 0.6) is 5.75 Å². The minimum absolute atomic E-state index is 0.00662. The van der Waals surface area contributed by atoms with Crippen LogP contribution in [0.2, 0.25) is 0 Å². The van der Waals surface area contributed by atoms with Crippen molar-refractivity contribution in [2.75, 3.05) is 45.3 Å². The first-order valence-electron chi connectivity index (χ1n) is 12.7. The molecule has 11 heteroatoms. The smallest absolute Gasteiger partial charge is 0.305 e. The van der Waals surface area contributed by atoms with E-state index in [0.29, 0.717) is 37.4 Å². The number of ether oxygens (including phenoxy) is 2. The van der Waals surface area contributed by atoms with Crippen LogP contribution in [-0.2, 0) is 14.3 Å². The molecule has 1 N–H and O–H groups in total. The molecular weight excluding hydrogens is 518 g/mol. The maximum atomic E-state index is 13.6. The molecule has 0 spiro atoms. The van der Waals surface area contributed by atoms with Crippen LogP contribution in [0.4, 0.5) is 5.13 Å². The highest BCUT2D eigenvalue weighted by atomic mass is 32.1. The first-order chi connectivity index (χ1) is 19.0. The van der Waals surface area contributed by atoms with Crippen molar-refractivity contribution < 1.29 is 23.9 Å². The van der Waals surface area contributed by atoms with Gasteiger partial charge >= 0.3 is 5.97 Å². The number of fused-ring (bicyclic) bond motifs is 2. The number of anilines is 1. The van der Waals surface area contributed by atoms with Crippen LogP contribution < -0.4 is 15.0 Å². The zero-order valence-corrected chi connectivity index (χ0v) is 22.6. The molecule has 0 bridgehead atoms. The lowest BCUT2D eigenvalue weighted by atomic mass is 10.1. The Morgan fingerprint density at radius 1 is 0.974 bits per heavy atom. The van der Waals surface area contributed by atoms with E-state index in [-0.39, 0.29) is 24.4 Å². The topological polar surface area (TPSA) is 114 Å². The molecule has 2 amide bonds. The van der Waals surface area contributed by atoms with Gasteiger partial charge in [0.2, 0.25) is 5.91 Å². The summed E-state index contributed by atoms with van der Waals surface area (Å²) in [4.78, 5) is 51.8. The van der Waals surface area contributed by atoms with Crippen LogP contribution in [-0.4, -0.2) is 79.1 Å². The molecular formula is C28H29N5O5S. The number of methoxy groups -OCH3 is 2. The van der Waals surface area contributed by atoms with Crippen LogP contribution in [0, 0.1) is 0 Å². The number of aromatic nitrogens is 2.